The molecule has 1 aromatic rings. The second kappa shape index (κ2) is 3.09. The van der Waals surface area contributed by atoms with Crippen LogP contribution in [0.15, 0.2) is 12.1 Å². The molecule has 0 spiro atoms. The highest BCUT2D eigenvalue weighted by Gasteiger charge is 2.35. The molecular formula is C11H16N2. The van der Waals surface area contributed by atoms with Crippen molar-refractivity contribution in [2.75, 3.05) is 0 Å². The Balaban J connectivity index is 2.14. The van der Waals surface area contributed by atoms with E-state index in [-0.39, 0.29) is 0 Å². The first-order chi connectivity index (χ1) is 6.18. The molecule has 1 fully saturated rings. The minimum absolute atomic E-state index is 0.484. The van der Waals surface area contributed by atoms with Crippen LogP contribution in [0.4, 0.5) is 0 Å². The molecule has 0 saturated heterocycles. The van der Waals surface area contributed by atoms with Crippen LogP contribution in [-0.4, -0.2) is 10.2 Å². The SMILES string of the molecule is CC(C)c1ccc(C2CC2C)nn1. The van der Waals surface area contributed by atoms with Gasteiger partial charge in [-0.1, -0.05) is 20.8 Å². The Morgan fingerprint density at radius 2 is 2.00 bits per heavy atom. The summed E-state index contributed by atoms with van der Waals surface area (Å²) in [5, 5.41) is 8.49. The summed E-state index contributed by atoms with van der Waals surface area (Å²) in [6.45, 7) is 6.55. The lowest BCUT2D eigenvalue weighted by Gasteiger charge is -2.03. The Morgan fingerprint density at radius 1 is 1.31 bits per heavy atom. The third kappa shape index (κ3) is 1.71. The second-order valence-electron chi connectivity index (χ2n) is 4.36. The Labute approximate surface area is 79.4 Å². The van der Waals surface area contributed by atoms with Crippen molar-refractivity contribution in [2.45, 2.75) is 39.0 Å². The van der Waals surface area contributed by atoms with Crippen molar-refractivity contribution in [1.82, 2.24) is 10.2 Å². The van der Waals surface area contributed by atoms with Crippen LogP contribution in [0.3, 0.4) is 0 Å². The van der Waals surface area contributed by atoms with E-state index in [4.69, 9.17) is 0 Å². The molecule has 1 aliphatic rings. The fraction of sp³-hybridized carbons (Fsp3) is 0.636. The molecule has 0 bridgehead atoms. The second-order valence-corrected chi connectivity index (χ2v) is 4.36. The monoisotopic (exact) mass is 176 g/mol. The van der Waals surface area contributed by atoms with Crippen molar-refractivity contribution in [2.24, 2.45) is 5.92 Å². The van der Waals surface area contributed by atoms with E-state index in [1.165, 1.54) is 12.1 Å². The molecule has 1 aliphatic carbocycles. The molecule has 0 aliphatic heterocycles. The topological polar surface area (TPSA) is 25.8 Å². The van der Waals surface area contributed by atoms with E-state index in [1.807, 2.05) is 0 Å². The fourth-order valence-corrected chi connectivity index (χ4v) is 1.59. The average molecular weight is 176 g/mol. The number of aromatic nitrogens is 2. The summed E-state index contributed by atoms with van der Waals surface area (Å²) in [6.07, 6.45) is 1.29. The van der Waals surface area contributed by atoms with Gasteiger partial charge >= 0.3 is 0 Å². The molecule has 2 rings (SSSR count). The van der Waals surface area contributed by atoms with Crippen molar-refractivity contribution in [3.05, 3.63) is 23.5 Å². The molecule has 1 heterocycles. The van der Waals surface area contributed by atoms with Crippen LogP contribution in [-0.2, 0) is 0 Å². The number of hydrogen-bond donors (Lipinski definition) is 0. The molecule has 2 nitrogen and oxygen atoms in total. The highest BCUT2D eigenvalue weighted by atomic mass is 15.1. The van der Waals surface area contributed by atoms with Gasteiger partial charge in [0.25, 0.3) is 0 Å². The van der Waals surface area contributed by atoms with Gasteiger partial charge in [0.2, 0.25) is 0 Å². The summed E-state index contributed by atoms with van der Waals surface area (Å²) in [4.78, 5) is 0. The third-order valence-corrected chi connectivity index (χ3v) is 2.79. The molecule has 0 radical (unpaired) electrons. The van der Waals surface area contributed by atoms with Gasteiger partial charge in [-0.2, -0.15) is 10.2 Å². The lowest BCUT2D eigenvalue weighted by Crippen LogP contribution is -1.97. The van der Waals surface area contributed by atoms with E-state index in [9.17, 15) is 0 Å². The van der Waals surface area contributed by atoms with Gasteiger partial charge in [0.15, 0.2) is 0 Å². The molecule has 2 unspecified atom stereocenters. The van der Waals surface area contributed by atoms with Crippen LogP contribution in [0.25, 0.3) is 0 Å². The summed E-state index contributed by atoms with van der Waals surface area (Å²) < 4.78 is 0. The maximum atomic E-state index is 4.26. The molecule has 70 valence electrons. The molecule has 0 N–H and O–H groups in total. The maximum Gasteiger partial charge on any atom is 0.0664 e. The first-order valence-electron chi connectivity index (χ1n) is 5.02. The molecule has 1 saturated carbocycles. The van der Waals surface area contributed by atoms with E-state index in [0.29, 0.717) is 11.8 Å². The fourth-order valence-electron chi connectivity index (χ4n) is 1.59. The van der Waals surface area contributed by atoms with E-state index < -0.39 is 0 Å². The molecule has 1 aromatic heterocycles. The minimum Gasteiger partial charge on any atom is -0.155 e. The van der Waals surface area contributed by atoms with E-state index in [1.54, 1.807) is 0 Å². The molecule has 0 amide bonds. The Hall–Kier alpha value is -0.920. The van der Waals surface area contributed by atoms with Gasteiger partial charge in [0.1, 0.15) is 0 Å². The zero-order valence-corrected chi connectivity index (χ0v) is 8.49. The predicted molar refractivity (Wildman–Crippen MR) is 52.6 cm³/mol. The van der Waals surface area contributed by atoms with Gasteiger partial charge in [-0.15, -0.1) is 0 Å². The van der Waals surface area contributed by atoms with Crippen LogP contribution in [0.5, 0.6) is 0 Å². The van der Waals surface area contributed by atoms with Crippen molar-refractivity contribution in [3.63, 3.8) is 0 Å². The first-order valence-corrected chi connectivity index (χ1v) is 5.02. The Kier molecular flexibility index (Phi) is 2.06. The summed E-state index contributed by atoms with van der Waals surface area (Å²) in [5.74, 6) is 1.99. The first kappa shape index (κ1) is 8.67. The zero-order chi connectivity index (χ0) is 9.42. The van der Waals surface area contributed by atoms with Gasteiger partial charge in [0, 0.05) is 5.92 Å². The number of nitrogens with zero attached hydrogens (tertiary/aromatic N) is 2. The van der Waals surface area contributed by atoms with Crippen LogP contribution >= 0.6 is 0 Å². The van der Waals surface area contributed by atoms with Gasteiger partial charge in [0.05, 0.1) is 11.4 Å². The summed E-state index contributed by atoms with van der Waals surface area (Å²) >= 11 is 0. The van der Waals surface area contributed by atoms with Gasteiger partial charge in [-0.05, 0) is 30.4 Å². The average Bonchev–Trinajstić information content (AvgIpc) is 2.83. The van der Waals surface area contributed by atoms with Gasteiger partial charge in [-0.25, -0.2) is 0 Å². The summed E-state index contributed by atoms with van der Waals surface area (Å²) in [7, 11) is 0. The van der Waals surface area contributed by atoms with Crippen LogP contribution in [0.1, 0.15) is 50.4 Å². The highest BCUT2D eigenvalue weighted by molar-refractivity contribution is 5.18. The van der Waals surface area contributed by atoms with Crippen molar-refractivity contribution in [3.8, 4) is 0 Å². The van der Waals surface area contributed by atoms with Crippen LogP contribution in [0, 0.1) is 5.92 Å². The molecule has 0 aromatic carbocycles. The van der Waals surface area contributed by atoms with Crippen molar-refractivity contribution < 1.29 is 0 Å². The normalized spacial score (nSPS) is 26.5. The van der Waals surface area contributed by atoms with Crippen LogP contribution < -0.4 is 0 Å². The quantitative estimate of drug-likeness (QED) is 0.692. The largest absolute Gasteiger partial charge is 0.155 e. The minimum atomic E-state index is 0.484. The summed E-state index contributed by atoms with van der Waals surface area (Å²) in [6, 6.07) is 4.24. The highest BCUT2D eigenvalue weighted by Crippen LogP contribution is 2.45. The number of rotatable bonds is 2. The predicted octanol–water partition coefficient (Wildman–Crippen LogP) is 2.72. The van der Waals surface area contributed by atoms with Crippen LogP contribution in [0.2, 0.25) is 0 Å². The Bertz CT molecular complexity index is 289. The smallest absolute Gasteiger partial charge is 0.0664 e. The van der Waals surface area contributed by atoms with E-state index in [2.05, 4.69) is 43.1 Å². The molecule has 2 heteroatoms. The summed E-state index contributed by atoms with van der Waals surface area (Å²) in [5.41, 5.74) is 2.27. The van der Waals surface area contributed by atoms with Crippen molar-refractivity contribution >= 4 is 0 Å². The molecule has 13 heavy (non-hydrogen) atoms. The maximum absolute atomic E-state index is 4.26. The lowest BCUT2D eigenvalue weighted by molar-refractivity contribution is 0.757. The van der Waals surface area contributed by atoms with Gasteiger partial charge < -0.3 is 0 Å². The van der Waals surface area contributed by atoms with E-state index in [0.717, 1.165) is 11.6 Å². The standard InChI is InChI=1S/C11H16N2/c1-7(2)10-4-5-11(13-12-10)9-6-8(9)3/h4-5,7-9H,6H2,1-3H3. The van der Waals surface area contributed by atoms with Gasteiger partial charge in [-0.3, -0.25) is 0 Å². The zero-order valence-electron chi connectivity index (χ0n) is 8.49. The number of hydrogen-bond acceptors (Lipinski definition) is 2. The third-order valence-electron chi connectivity index (χ3n) is 2.79. The van der Waals surface area contributed by atoms with Crippen molar-refractivity contribution in [1.29, 1.82) is 0 Å². The lowest BCUT2D eigenvalue weighted by atomic mass is 10.1. The molecule has 2 atom stereocenters. The molecular weight excluding hydrogens is 160 g/mol. The van der Waals surface area contributed by atoms with E-state index >= 15 is 0 Å². The Morgan fingerprint density at radius 3 is 2.38 bits per heavy atom.